The monoisotopic (exact) mass is 461 g/mol. The lowest BCUT2D eigenvalue weighted by atomic mass is 9.92. The van der Waals surface area contributed by atoms with Crippen molar-refractivity contribution in [3.63, 3.8) is 0 Å². The zero-order valence-electron chi connectivity index (χ0n) is 16.9. The summed E-state index contributed by atoms with van der Waals surface area (Å²) in [6, 6.07) is 16.5. The molecule has 1 atom stereocenters. The quantitative estimate of drug-likeness (QED) is 0.284. The van der Waals surface area contributed by atoms with Crippen molar-refractivity contribution in [3.8, 4) is 5.69 Å². The van der Waals surface area contributed by atoms with Gasteiger partial charge in [0, 0.05) is 16.0 Å². The molecule has 166 valence electrons. The van der Waals surface area contributed by atoms with Gasteiger partial charge in [0.1, 0.15) is 5.82 Å². The number of nitrogens with zero attached hydrogens (tertiary/aromatic N) is 2. The number of aliphatic hydroxyl groups is 1. The van der Waals surface area contributed by atoms with Crippen molar-refractivity contribution in [2.75, 3.05) is 18.1 Å². The molecule has 0 aliphatic rings. The van der Waals surface area contributed by atoms with E-state index in [0.29, 0.717) is 22.3 Å². The van der Waals surface area contributed by atoms with Crippen LogP contribution >= 0.6 is 11.8 Å². The van der Waals surface area contributed by atoms with E-state index in [1.54, 1.807) is 24.3 Å². The van der Waals surface area contributed by atoms with E-state index >= 15 is 0 Å². The van der Waals surface area contributed by atoms with Crippen molar-refractivity contribution in [3.05, 3.63) is 84.3 Å². The topological polar surface area (TPSA) is 50.1 Å². The molecule has 0 radical (unpaired) electrons. The molecule has 9 heteroatoms. The van der Waals surface area contributed by atoms with Gasteiger partial charge in [-0.05, 0) is 72.5 Å². The fourth-order valence-corrected chi connectivity index (χ4v) is 3.79. The molecule has 32 heavy (non-hydrogen) atoms. The summed E-state index contributed by atoms with van der Waals surface area (Å²) in [4.78, 5) is 0.977. The third kappa shape index (κ3) is 4.18. The molecule has 4 rings (SSSR count). The van der Waals surface area contributed by atoms with Crippen LogP contribution in [0.4, 0.5) is 23.2 Å². The van der Waals surface area contributed by atoms with Crippen LogP contribution in [0, 0.1) is 5.82 Å². The van der Waals surface area contributed by atoms with Crippen molar-refractivity contribution < 1.29 is 22.7 Å². The van der Waals surface area contributed by atoms with Crippen LogP contribution in [0.1, 0.15) is 5.56 Å². The molecule has 0 spiro atoms. The van der Waals surface area contributed by atoms with Crippen molar-refractivity contribution in [2.24, 2.45) is 0 Å². The largest absolute Gasteiger partial charge is 0.423 e. The summed E-state index contributed by atoms with van der Waals surface area (Å²) >= 11 is 1.52. The second-order valence-electron chi connectivity index (χ2n) is 7.25. The van der Waals surface area contributed by atoms with Gasteiger partial charge in [-0.25, -0.2) is 9.07 Å². The number of nitrogens with one attached hydrogen (secondary N) is 1. The number of hydrogen-bond acceptors (Lipinski definition) is 4. The van der Waals surface area contributed by atoms with Gasteiger partial charge in [0.25, 0.3) is 0 Å². The Morgan fingerprint density at radius 3 is 2.31 bits per heavy atom. The fourth-order valence-electron chi connectivity index (χ4n) is 3.38. The Bertz CT molecular complexity index is 1220. The van der Waals surface area contributed by atoms with Crippen molar-refractivity contribution >= 4 is 28.4 Å². The number of rotatable bonds is 6. The number of halogens is 4. The standard InChI is InChI=1S/C23H19F4N3OS/c1-32-20-9-5-18(6-10-20)28-14-22(31,23(25,26)27)16-2-11-21-15(12-16)13-29-30(21)19-7-3-17(24)4-8-19/h2-13,28,31H,14H2,1H3. The van der Waals surface area contributed by atoms with Crippen LogP contribution in [0.5, 0.6) is 0 Å². The average Bonchev–Trinajstić information content (AvgIpc) is 3.21. The number of thioether (sulfide) groups is 1. The summed E-state index contributed by atoms with van der Waals surface area (Å²) in [6.07, 6.45) is -1.60. The number of benzene rings is 3. The molecule has 0 saturated carbocycles. The second-order valence-corrected chi connectivity index (χ2v) is 8.13. The van der Waals surface area contributed by atoms with Crippen LogP contribution in [0.15, 0.2) is 77.8 Å². The lowest BCUT2D eigenvalue weighted by Gasteiger charge is -2.31. The van der Waals surface area contributed by atoms with Crippen LogP contribution in [0.25, 0.3) is 16.6 Å². The van der Waals surface area contributed by atoms with E-state index in [0.717, 1.165) is 4.90 Å². The molecule has 0 aliphatic carbocycles. The van der Waals surface area contributed by atoms with E-state index < -0.39 is 24.1 Å². The molecule has 4 nitrogen and oxygen atoms in total. The Morgan fingerprint density at radius 2 is 1.69 bits per heavy atom. The molecule has 3 aromatic carbocycles. The highest BCUT2D eigenvalue weighted by atomic mass is 32.2. The summed E-state index contributed by atoms with van der Waals surface area (Å²) in [6.45, 7) is -0.757. The lowest BCUT2D eigenvalue weighted by Crippen LogP contribution is -2.47. The smallest absolute Gasteiger partial charge is 0.381 e. The lowest BCUT2D eigenvalue weighted by molar-refractivity contribution is -0.260. The summed E-state index contributed by atoms with van der Waals surface area (Å²) in [7, 11) is 0. The van der Waals surface area contributed by atoms with Gasteiger partial charge in [0.15, 0.2) is 0 Å². The molecule has 2 N–H and O–H groups in total. The minimum atomic E-state index is -4.92. The first-order chi connectivity index (χ1) is 15.2. The van der Waals surface area contributed by atoms with Crippen LogP contribution in [0.3, 0.4) is 0 Å². The molecule has 0 saturated heterocycles. The van der Waals surface area contributed by atoms with Crippen LogP contribution in [-0.4, -0.2) is 33.9 Å². The molecule has 4 aromatic rings. The van der Waals surface area contributed by atoms with E-state index in [4.69, 9.17) is 0 Å². The number of aromatic nitrogens is 2. The summed E-state index contributed by atoms with van der Waals surface area (Å²) < 4.78 is 56.6. The maximum atomic E-state index is 14.0. The molecule has 0 amide bonds. The summed E-state index contributed by atoms with van der Waals surface area (Å²) in [5.41, 5.74) is -1.85. The Balaban J connectivity index is 1.66. The highest BCUT2D eigenvalue weighted by Crippen LogP contribution is 2.40. The van der Waals surface area contributed by atoms with E-state index in [9.17, 15) is 22.7 Å². The molecule has 0 aliphatic heterocycles. The zero-order valence-corrected chi connectivity index (χ0v) is 17.7. The Labute approximate surface area is 185 Å². The summed E-state index contributed by atoms with van der Waals surface area (Å²) in [5, 5.41) is 18.0. The SMILES string of the molecule is CSc1ccc(NCC(O)(c2ccc3c(cnn3-c3ccc(F)cc3)c2)C(F)(F)F)cc1. The fraction of sp³-hybridized carbons (Fsp3) is 0.174. The predicted molar refractivity (Wildman–Crippen MR) is 118 cm³/mol. The Hall–Kier alpha value is -3.04. The average molecular weight is 461 g/mol. The minimum absolute atomic E-state index is 0.301. The van der Waals surface area contributed by atoms with Gasteiger partial charge in [0.2, 0.25) is 5.60 Å². The zero-order chi connectivity index (χ0) is 22.9. The highest BCUT2D eigenvalue weighted by Gasteiger charge is 2.55. The van der Waals surface area contributed by atoms with Gasteiger partial charge in [-0.15, -0.1) is 11.8 Å². The van der Waals surface area contributed by atoms with Crippen molar-refractivity contribution in [1.82, 2.24) is 9.78 Å². The first kappa shape index (κ1) is 22.2. The van der Waals surface area contributed by atoms with Gasteiger partial charge in [-0.1, -0.05) is 6.07 Å². The number of anilines is 1. The third-order valence-corrected chi connectivity index (χ3v) is 5.97. The molecule has 1 heterocycles. The molecule has 0 bridgehead atoms. The third-order valence-electron chi connectivity index (χ3n) is 5.22. The number of fused-ring (bicyclic) bond motifs is 1. The molecular formula is C23H19F4N3OS. The van der Waals surface area contributed by atoms with Crippen LogP contribution in [0.2, 0.25) is 0 Å². The highest BCUT2D eigenvalue weighted by molar-refractivity contribution is 7.98. The van der Waals surface area contributed by atoms with E-state index in [2.05, 4.69) is 10.4 Å². The van der Waals surface area contributed by atoms with Gasteiger partial charge < -0.3 is 10.4 Å². The Morgan fingerprint density at radius 1 is 1.00 bits per heavy atom. The first-order valence-corrected chi connectivity index (χ1v) is 10.8. The van der Waals surface area contributed by atoms with Gasteiger partial charge in [0.05, 0.1) is 23.9 Å². The van der Waals surface area contributed by atoms with Crippen molar-refractivity contribution in [1.29, 1.82) is 0 Å². The summed E-state index contributed by atoms with van der Waals surface area (Å²) in [5.74, 6) is -0.404. The maximum Gasteiger partial charge on any atom is 0.423 e. The van der Waals surface area contributed by atoms with Gasteiger partial charge in [-0.2, -0.15) is 18.3 Å². The molecular weight excluding hydrogens is 442 g/mol. The van der Waals surface area contributed by atoms with Gasteiger partial charge in [-0.3, -0.25) is 0 Å². The van der Waals surface area contributed by atoms with E-state index in [-0.39, 0.29) is 5.56 Å². The maximum absolute atomic E-state index is 14.0. The normalized spacial score (nSPS) is 13.8. The molecule has 1 aromatic heterocycles. The first-order valence-electron chi connectivity index (χ1n) is 9.62. The Kier molecular flexibility index (Phi) is 5.87. The predicted octanol–water partition coefficient (Wildman–Crippen LogP) is 5.75. The van der Waals surface area contributed by atoms with E-state index in [1.165, 1.54) is 65.1 Å². The van der Waals surface area contributed by atoms with E-state index in [1.807, 2.05) is 6.26 Å². The minimum Gasteiger partial charge on any atom is -0.381 e. The van der Waals surface area contributed by atoms with Crippen LogP contribution < -0.4 is 5.32 Å². The van der Waals surface area contributed by atoms with Crippen LogP contribution in [-0.2, 0) is 5.60 Å². The molecule has 0 fully saturated rings. The molecule has 1 unspecified atom stereocenters. The second kappa shape index (κ2) is 8.48. The van der Waals surface area contributed by atoms with Gasteiger partial charge >= 0.3 is 6.18 Å². The van der Waals surface area contributed by atoms with Crippen molar-refractivity contribution in [2.45, 2.75) is 16.7 Å². The number of hydrogen-bond donors (Lipinski definition) is 2. The number of alkyl halides is 3.